The molecular formula is C8H8BrF3N2OS. The number of nitrogens with two attached hydrogens (primary N) is 1. The molecule has 90 valence electrons. The quantitative estimate of drug-likeness (QED) is 0.894. The van der Waals surface area contributed by atoms with Crippen molar-refractivity contribution < 1.29 is 18.0 Å². The van der Waals surface area contributed by atoms with E-state index in [1.165, 1.54) is 0 Å². The zero-order chi connectivity index (χ0) is 12.3. The standard InChI is InChI=1S/C8H8BrF3N2OS/c9-4-1-5(16-2-4)6(7(13)15)14-3-8(10,11)12/h1-2,6,14H,3H2,(H2,13,15). The molecular weight excluding hydrogens is 309 g/mol. The minimum Gasteiger partial charge on any atom is -0.368 e. The van der Waals surface area contributed by atoms with Crippen molar-refractivity contribution >= 4 is 33.2 Å². The topological polar surface area (TPSA) is 55.1 Å². The molecule has 0 spiro atoms. The molecule has 0 aliphatic carbocycles. The highest BCUT2D eigenvalue weighted by atomic mass is 79.9. The van der Waals surface area contributed by atoms with Crippen molar-refractivity contribution in [3.63, 3.8) is 0 Å². The second-order valence-corrected chi connectivity index (χ2v) is 4.86. The molecule has 3 nitrogen and oxygen atoms in total. The number of rotatable bonds is 4. The minimum atomic E-state index is -4.37. The van der Waals surface area contributed by atoms with Gasteiger partial charge >= 0.3 is 6.18 Å². The smallest absolute Gasteiger partial charge is 0.368 e. The van der Waals surface area contributed by atoms with E-state index in [9.17, 15) is 18.0 Å². The summed E-state index contributed by atoms with van der Waals surface area (Å²) in [7, 11) is 0. The van der Waals surface area contributed by atoms with E-state index < -0.39 is 24.7 Å². The Morgan fingerprint density at radius 2 is 2.25 bits per heavy atom. The molecule has 3 N–H and O–H groups in total. The van der Waals surface area contributed by atoms with E-state index in [2.05, 4.69) is 21.2 Å². The van der Waals surface area contributed by atoms with E-state index in [4.69, 9.17) is 5.73 Å². The lowest BCUT2D eigenvalue weighted by molar-refractivity contribution is -0.130. The van der Waals surface area contributed by atoms with Gasteiger partial charge in [-0.3, -0.25) is 10.1 Å². The first kappa shape index (κ1) is 13.5. The minimum absolute atomic E-state index is 0.448. The molecule has 8 heteroatoms. The molecule has 0 saturated carbocycles. The summed E-state index contributed by atoms with van der Waals surface area (Å²) in [6.45, 7) is -1.25. The zero-order valence-electron chi connectivity index (χ0n) is 7.84. The Morgan fingerprint density at radius 3 is 2.62 bits per heavy atom. The number of hydrogen-bond acceptors (Lipinski definition) is 3. The second kappa shape index (κ2) is 5.15. The SMILES string of the molecule is NC(=O)C(NCC(F)(F)F)c1cc(Br)cs1. The molecule has 0 fully saturated rings. The second-order valence-electron chi connectivity index (χ2n) is 3.00. The van der Waals surface area contributed by atoms with E-state index in [1.54, 1.807) is 11.4 Å². The number of nitrogens with one attached hydrogen (secondary N) is 1. The van der Waals surface area contributed by atoms with Gasteiger partial charge in [-0.1, -0.05) is 0 Å². The highest BCUT2D eigenvalue weighted by Crippen LogP contribution is 2.26. The van der Waals surface area contributed by atoms with Crippen LogP contribution in [-0.2, 0) is 4.79 Å². The molecule has 16 heavy (non-hydrogen) atoms. The van der Waals surface area contributed by atoms with Crippen molar-refractivity contribution in [3.8, 4) is 0 Å². The van der Waals surface area contributed by atoms with Crippen LogP contribution in [0.25, 0.3) is 0 Å². The first-order chi connectivity index (χ1) is 7.29. The van der Waals surface area contributed by atoms with Crippen molar-refractivity contribution in [2.45, 2.75) is 12.2 Å². The lowest BCUT2D eigenvalue weighted by Crippen LogP contribution is -2.38. The number of primary amides is 1. The van der Waals surface area contributed by atoms with E-state index in [0.29, 0.717) is 9.35 Å². The Bertz CT molecular complexity index is 380. The number of carbonyl (C=O) groups excluding carboxylic acids is 1. The Hall–Kier alpha value is -0.600. The van der Waals surface area contributed by atoms with E-state index in [1.807, 2.05) is 0 Å². The third kappa shape index (κ3) is 4.11. The van der Waals surface area contributed by atoms with Crippen LogP contribution in [-0.4, -0.2) is 18.6 Å². The Kier molecular flexibility index (Phi) is 4.34. The number of halogens is 4. The molecule has 0 radical (unpaired) electrons. The van der Waals surface area contributed by atoms with Gasteiger partial charge in [0.15, 0.2) is 0 Å². The first-order valence-corrected chi connectivity index (χ1v) is 5.80. The number of alkyl halides is 3. The molecule has 0 bridgehead atoms. The van der Waals surface area contributed by atoms with Crippen molar-refractivity contribution in [3.05, 3.63) is 20.8 Å². The van der Waals surface area contributed by atoms with E-state index in [0.717, 1.165) is 11.3 Å². The van der Waals surface area contributed by atoms with Crippen LogP contribution in [0.1, 0.15) is 10.9 Å². The third-order valence-corrected chi connectivity index (χ3v) is 3.42. The Labute approximate surface area is 102 Å². The van der Waals surface area contributed by atoms with Crippen LogP contribution in [0.3, 0.4) is 0 Å². The average Bonchev–Trinajstić information content (AvgIpc) is 2.49. The van der Waals surface area contributed by atoms with Crippen LogP contribution in [0.2, 0.25) is 0 Å². The molecule has 1 amide bonds. The maximum atomic E-state index is 12.0. The molecule has 0 saturated heterocycles. The number of thiophene rings is 1. The summed E-state index contributed by atoms with van der Waals surface area (Å²) in [6, 6.07) is 0.446. The van der Waals surface area contributed by atoms with Crippen LogP contribution in [0.5, 0.6) is 0 Å². The van der Waals surface area contributed by atoms with Crippen LogP contribution >= 0.6 is 27.3 Å². The summed E-state index contributed by atoms with van der Waals surface area (Å²) in [5.74, 6) is -0.835. The van der Waals surface area contributed by atoms with Crippen LogP contribution in [0, 0.1) is 0 Å². The molecule has 1 unspecified atom stereocenters. The molecule has 1 rings (SSSR count). The van der Waals surface area contributed by atoms with E-state index in [-0.39, 0.29) is 0 Å². The summed E-state index contributed by atoms with van der Waals surface area (Å²) in [4.78, 5) is 11.5. The van der Waals surface area contributed by atoms with Crippen molar-refractivity contribution in [1.29, 1.82) is 0 Å². The predicted octanol–water partition coefficient (Wildman–Crippen LogP) is 2.19. The highest BCUT2D eigenvalue weighted by molar-refractivity contribution is 9.10. The van der Waals surface area contributed by atoms with Gasteiger partial charge < -0.3 is 5.73 Å². The van der Waals surface area contributed by atoms with Gasteiger partial charge in [-0.25, -0.2) is 0 Å². The summed E-state index contributed by atoms with van der Waals surface area (Å²) in [5.41, 5.74) is 5.03. The molecule has 0 aliphatic rings. The van der Waals surface area contributed by atoms with Gasteiger partial charge in [0.1, 0.15) is 6.04 Å². The number of amides is 1. The largest absolute Gasteiger partial charge is 0.401 e. The summed E-state index contributed by atoms with van der Waals surface area (Å²) < 4.78 is 36.6. The normalized spacial score (nSPS) is 13.8. The summed E-state index contributed by atoms with van der Waals surface area (Å²) in [6.07, 6.45) is -4.37. The summed E-state index contributed by atoms with van der Waals surface area (Å²) >= 11 is 4.31. The molecule has 0 aliphatic heterocycles. The Balaban J connectivity index is 2.73. The lowest BCUT2D eigenvalue weighted by atomic mass is 10.2. The van der Waals surface area contributed by atoms with E-state index >= 15 is 0 Å². The van der Waals surface area contributed by atoms with Gasteiger partial charge in [0, 0.05) is 14.7 Å². The summed E-state index contributed by atoms with van der Waals surface area (Å²) in [5, 5.41) is 3.75. The van der Waals surface area contributed by atoms with Gasteiger partial charge in [-0.05, 0) is 22.0 Å². The molecule has 1 heterocycles. The molecule has 0 aromatic carbocycles. The van der Waals surface area contributed by atoms with Gasteiger partial charge in [0.25, 0.3) is 0 Å². The van der Waals surface area contributed by atoms with Gasteiger partial charge in [0.05, 0.1) is 6.54 Å². The van der Waals surface area contributed by atoms with Gasteiger partial charge in [-0.2, -0.15) is 13.2 Å². The van der Waals surface area contributed by atoms with Crippen LogP contribution in [0.4, 0.5) is 13.2 Å². The lowest BCUT2D eigenvalue weighted by Gasteiger charge is -2.15. The van der Waals surface area contributed by atoms with Gasteiger partial charge in [-0.15, -0.1) is 11.3 Å². The average molecular weight is 317 g/mol. The number of carbonyl (C=O) groups is 1. The fourth-order valence-corrected chi connectivity index (χ4v) is 2.56. The maximum absolute atomic E-state index is 12.0. The fraction of sp³-hybridized carbons (Fsp3) is 0.375. The van der Waals surface area contributed by atoms with Crippen molar-refractivity contribution in [2.24, 2.45) is 5.73 Å². The predicted molar refractivity (Wildman–Crippen MR) is 58.0 cm³/mol. The van der Waals surface area contributed by atoms with Crippen molar-refractivity contribution in [1.82, 2.24) is 5.32 Å². The third-order valence-electron chi connectivity index (χ3n) is 1.66. The first-order valence-electron chi connectivity index (χ1n) is 4.13. The maximum Gasteiger partial charge on any atom is 0.401 e. The highest BCUT2D eigenvalue weighted by Gasteiger charge is 2.30. The Morgan fingerprint density at radius 1 is 1.62 bits per heavy atom. The molecule has 1 atom stereocenters. The number of hydrogen-bond donors (Lipinski definition) is 2. The fourth-order valence-electron chi connectivity index (χ4n) is 1.04. The monoisotopic (exact) mass is 316 g/mol. The molecule has 1 aromatic rings. The van der Waals surface area contributed by atoms with Gasteiger partial charge in [0.2, 0.25) is 5.91 Å². The molecule has 1 aromatic heterocycles. The van der Waals surface area contributed by atoms with Crippen molar-refractivity contribution in [2.75, 3.05) is 6.54 Å². The van der Waals surface area contributed by atoms with Crippen LogP contribution < -0.4 is 11.1 Å². The van der Waals surface area contributed by atoms with Crippen LogP contribution in [0.15, 0.2) is 15.9 Å². The zero-order valence-corrected chi connectivity index (χ0v) is 10.2.